The third-order valence-electron chi connectivity index (χ3n) is 2.73. The molecule has 0 spiro atoms. The van der Waals surface area contributed by atoms with Gasteiger partial charge in [0.15, 0.2) is 6.29 Å². The topological polar surface area (TPSA) is 18.5 Å². The molecule has 0 radical (unpaired) electrons. The first-order valence-corrected chi connectivity index (χ1v) is 6.76. The Labute approximate surface area is 108 Å². The second-order valence-corrected chi connectivity index (χ2v) is 5.35. The molecule has 6 heteroatoms. The SMILES string of the molecule is FC(F)(F)c1ccc(CCOC2CCCCO2)s1. The maximum absolute atomic E-state index is 12.4. The molecule has 0 aromatic carbocycles. The smallest absolute Gasteiger partial charge is 0.353 e. The minimum Gasteiger partial charge on any atom is -0.353 e. The van der Waals surface area contributed by atoms with Crippen molar-refractivity contribution in [2.45, 2.75) is 38.1 Å². The van der Waals surface area contributed by atoms with Gasteiger partial charge in [0, 0.05) is 17.9 Å². The zero-order chi connectivity index (χ0) is 13.0. The molecule has 1 aromatic rings. The average molecular weight is 280 g/mol. The lowest BCUT2D eigenvalue weighted by Crippen LogP contribution is -2.23. The van der Waals surface area contributed by atoms with Crippen LogP contribution in [0.25, 0.3) is 0 Å². The Bertz CT molecular complexity index is 370. The van der Waals surface area contributed by atoms with Crippen molar-refractivity contribution in [3.05, 3.63) is 21.9 Å². The van der Waals surface area contributed by atoms with Crippen molar-refractivity contribution in [2.24, 2.45) is 0 Å². The minimum absolute atomic E-state index is 0.180. The average Bonchev–Trinajstić information content (AvgIpc) is 2.79. The summed E-state index contributed by atoms with van der Waals surface area (Å²) < 4.78 is 48.0. The highest BCUT2D eigenvalue weighted by Gasteiger charge is 2.32. The highest BCUT2D eigenvalue weighted by Crippen LogP contribution is 2.34. The van der Waals surface area contributed by atoms with E-state index >= 15 is 0 Å². The number of hydrogen-bond donors (Lipinski definition) is 0. The molecule has 0 N–H and O–H groups in total. The van der Waals surface area contributed by atoms with Crippen LogP contribution in [0.2, 0.25) is 0 Å². The number of rotatable bonds is 4. The zero-order valence-corrected chi connectivity index (χ0v) is 10.6. The molecule has 2 nitrogen and oxygen atoms in total. The molecule has 0 saturated carbocycles. The lowest BCUT2D eigenvalue weighted by Gasteiger charge is -2.22. The first kappa shape index (κ1) is 13.8. The van der Waals surface area contributed by atoms with Crippen LogP contribution < -0.4 is 0 Å². The third kappa shape index (κ3) is 3.96. The van der Waals surface area contributed by atoms with Gasteiger partial charge in [0.2, 0.25) is 0 Å². The van der Waals surface area contributed by atoms with Gasteiger partial charge in [0.25, 0.3) is 0 Å². The van der Waals surface area contributed by atoms with Gasteiger partial charge >= 0.3 is 6.18 Å². The second kappa shape index (κ2) is 6.04. The molecule has 0 aliphatic carbocycles. The van der Waals surface area contributed by atoms with E-state index in [4.69, 9.17) is 9.47 Å². The molecule has 1 aromatic heterocycles. The second-order valence-electron chi connectivity index (χ2n) is 4.18. The van der Waals surface area contributed by atoms with Crippen LogP contribution >= 0.6 is 11.3 Å². The Morgan fingerprint density at radius 2 is 2.17 bits per heavy atom. The van der Waals surface area contributed by atoms with E-state index in [-0.39, 0.29) is 6.29 Å². The van der Waals surface area contributed by atoms with E-state index in [1.807, 2.05) is 0 Å². The van der Waals surface area contributed by atoms with Gasteiger partial charge in [0.05, 0.1) is 6.61 Å². The summed E-state index contributed by atoms with van der Waals surface area (Å²) in [7, 11) is 0. The van der Waals surface area contributed by atoms with Crippen molar-refractivity contribution in [2.75, 3.05) is 13.2 Å². The van der Waals surface area contributed by atoms with Crippen molar-refractivity contribution >= 4 is 11.3 Å². The first-order valence-electron chi connectivity index (χ1n) is 5.95. The number of alkyl halides is 3. The quantitative estimate of drug-likeness (QED) is 0.834. The Hall–Kier alpha value is -0.590. The molecule has 1 aliphatic heterocycles. The Balaban J connectivity index is 1.74. The summed E-state index contributed by atoms with van der Waals surface area (Å²) in [6.45, 7) is 1.12. The molecule has 102 valence electrons. The fourth-order valence-electron chi connectivity index (χ4n) is 1.80. The van der Waals surface area contributed by atoms with E-state index in [2.05, 4.69) is 0 Å². The normalized spacial score (nSPS) is 21.2. The predicted octanol–water partition coefficient (Wildman–Crippen LogP) is 3.85. The number of halogens is 3. The summed E-state index contributed by atoms with van der Waals surface area (Å²) >= 11 is 0.781. The highest BCUT2D eigenvalue weighted by atomic mass is 32.1. The van der Waals surface area contributed by atoms with Gasteiger partial charge in [-0.05, 0) is 31.4 Å². The summed E-state index contributed by atoms with van der Waals surface area (Å²) in [6.07, 6.45) is -0.905. The molecule has 1 fully saturated rings. The van der Waals surface area contributed by atoms with Crippen molar-refractivity contribution in [1.82, 2.24) is 0 Å². The molecule has 2 heterocycles. The minimum atomic E-state index is -4.24. The predicted molar refractivity (Wildman–Crippen MR) is 62.6 cm³/mol. The molecule has 2 rings (SSSR count). The van der Waals surface area contributed by atoms with Crippen LogP contribution in [0, 0.1) is 0 Å². The van der Waals surface area contributed by atoms with E-state index in [0.29, 0.717) is 24.5 Å². The van der Waals surface area contributed by atoms with Crippen molar-refractivity contribution in [3.8, 4) is 0 Å². The molecule has 18 heavy (non-hydrogen) atoms. The summed E-state index contributed by atoms with van der Waals surface area (Å²) in [4.78, 5) is 0.143. The molecule has 1 aliphatic rings. The Morgan fingerprint density at radius 1 is 1.33 bits per heavy atom. The van der Waals surface area contributed by atoms with Gasteiger partial charge in [-0.15, -0.1) is 11.3 Å². The fourth-order valence-corrected chi connectivity index (χ4v) is 2.65. The van der Waals surface area contributed by atoms with E-state index in [9.17, 15) is 13.2 Å². The maximum atomic E-state index is 12.4. The van der Waals surface area contributed by atoms with Crippen molar-refractivity contribution in [1.29, 1.82) is 0 Å². The van der Waals surface area contributed by atoms with Gasteiger partial charge in [-0.3, -0.25) is 0 Å². The van der Waals surface area contributed by atoms with Gasteiger partial charge < -0.3 is 9.47 Å². The van der Waals surface area contributed by atoms with E-state index < -0.39 is 11.1 Å². The number of ether oxygens (including phenoxy) is 2. The monoisotopic (exact) mass is 280 g/mol. The Morgan fingerprint density at radius 3 is 2.78 bits per heavy atom. The summed E-state index contributed by atoms with van der Waals surface area (Å²) in [5.41, 5.74) is 0. The lowest BCUT2D eigenvalue weighted by molar-refractivity contribution is -0.161. The van der Waals surface area contributed by atoms with E-state index in [1.165, 1.54) is 6.07 Å². The first-order chi connectivity index (χ1) is 8.55. The van der Waals surface area contributed by atoms with E-state index in [0.717, 1.165) is 36.7 Å². The van der Waals surface area contributed by atoms with Gasteiger partial charge in [-0.1, -0.05) is 0 Å². The molecular weight excluding hydrogens is 265 g/mol. The summed E-state index contributed by atoms with van der Waals surface area (Å²) in [5, 5.41) is 0. The zero-order valence-electron chi connectivity index (χ0n) is 9.83. The van der Waals surface area contributed by atoms with Crippen LogP contribution in [-0.2, 0) is 22.1 Å². The summed E-state index contributed by atoms with van der Waals surface area (Å²) in [5.74, 6) is 0. The van der Waals surface area contributed by atoms with Crippen LogP contribution in [0.5, 0.6) is 0 Å². The fraction of sp³-hybridized carbons (Fsp3) is 0.667. The number of thiophene rings is 1. The molecule has 1 unspecified atom stereocenters. The van der Waals surface area contributed by atoms with Crippen LogP contribution in [-0.4, -0.2) is 19.5 Å². The van der Waals surface area contributed by atoms with Gasteiger partial charge in [-0.25, -0.2) is 0 Å². The Kier molecular flexibility index (Phi) is 4.64. The van der Waals surface area contributed by atoms with Gasteiger partial charge in [0.1, 0.15) is 4.88 Å². The van der Waals surface area contributed by atoms with Crippen LogP contribution in [0.3, 0.4) is 0 Å². The number of hydrogen-bond acceptors (Lipinski definition) is 3. The highest BCUT2D eigenvalue weighted by molar-refractivity contribution is 7.12. The molecule has 0 amide bonds. The van der Waals surface area contributed by atoms with Crippen molar-refractivity contribution < 1.29 is 22.6 Å². The lowest BCUT2D eigenvalue weighted by atomic mass is 10.2. The maximum Gasteiger partial charge on any atom is 0.425 e. The molecular formula is C12H15F3O2S. The molecule has 1 saturated heterocycles. The van der Waals surface area contributed by atoms with Gasteiger partial charge in [-0.2, -0.15) is 13.2 Å². The van der Waals surface area contributed by atoms with Crippen LogP contribution in [0.1, 0.15) is 29.0 Å². The summed E-state index contributed by atoms with van der Waals surface area (Å²) in [6, 6.07) is 2.63. The standard InChI is InChI=1S/C12H15F3O2S/c13-12(14,15)10-5-4-9(18-10)6-8-17-11-3-1-2-7-16-11/h4-5,11H,1-3,6-8H2. The molecule has 0 bridgehead atoms. The molecule has 1 atom stereocenters. The van der Waals surface area contributed by atoms with E-state index in [1.54, 1.807) is 0 Å². The van der Waals surface area contributed by atoms with Crippen LogP contribution in [0.15, 0.2) is 12.1 Å². The van der Waals surface area contributed by atoms with Crippen LogP contribution in [0.4, 0.5) is 13.2 Å². The third-order valence-corrected chi connectivity index (χ3v) is 3.92. The van der Waals surface area contributed by atoms with Crippen molar-refractivity contribution in [3.63, 3.8) is 0 Å². The largest absolute Gasteiger partial charge is 0.425 e.